The summed E-state index contributed by atoms with van der Waals surface area (Å²) in [6.07, 6.45) is 1.00. The van der Waals surface area contributed by atoms with Crippen molar-refractivity contribution in [2.45, 2.75) is 25.6 Å². The first-order chi connectivity index (χ1) is 5.74. The molecule has 0 heterocycles. The van der Waals surface area contributed by atoms with Crippen molar-refractivity contribution in [2.24, 2.45) is 0 Å². The zero-order chi connectivity index (χ0) is 9.40. The summed E-state index contributed by atoms with van der Waals surface area (Å²) in [6, 6.07) is 0. The van der Waals surface area contributed by atoms with Gasteiger partial charge in [0, 0.05) is 27.1 Å². The number of ketones is 1. The third-order valence-electron chi connectivity index (χ3n) is 1.46. The van der Waals surface area contributed by atoms with Crippen LogP contribution in [0.2, 0.25) is 0 Å². The Bertz CT molecular complexity index is 140. The fourth-order valence-corrected chi connectivity index (χ4v) is 0.771. The molecule has 0 rings (SSSR count). The standard InChI is InChI=1S/C8H14O4/c1-11-8(12-2)6-7(10)4-3-5-9/h5,8H,3-4,6H2,1-2H3. The number of aldehydes is 1. The normalized spacial score (nSPS) is 10.2. The summed E-state index contributed by atoms with van der Waals surface area (Å²) in [5.41, 5.74) is 0. The molecule has 0 aromatic rings. The predicted molar refractivity (Wildman–Crippen MR) is 42.7 cm³/mol. The maximum absolute atomic E-state index is 11.0. The van der Waals surface area contributed by atoms with Gasteiger partial charge in [-0.15, -0.1) is 0 Å². The molecular formula is C8H14O4. The molecule has 0 aromatic carbocycles. The Morgan fingerprint density at radius 1 is 1.42 bits per heavy atom. The SMILES string of the molecule is COC(CC(=O)CCC=O)OC. The Balaban J connectivity index is 3.58. The van der Waals surface area contributed by atoms with Gasteiger partial charge in [0.1, 0.15) is 12.1 Å². The van der Waals surface area contributed by atoms with Gasteiger partial charge in [-0.05, 0) is 0 Å². The molecule has 0 aromatic heterocycles. The van der Waals surface area contributed by atoms with Crippen LogP contribution in [0.4, 0.5) is 0 Å². The lowest BCUT2D eigenvalue weighted by Crippen LogP contribution is -2.17. The van der Waals surface area contributed by atoms with Crippen molar-refractivity contribution in [3.63, 3.8) is 0 Å². The van der Waals surface area contributed by atoms with Crippen LogP contribution >= 0.6 is 0 Å². The van der Waals surface area contributed by atoms with E-state index in [-0.39, 0.29) is 25.0 Å². The fraction of sp³-hybridized carbons (Fsp3) is 0.750. The van der Waals surface area contributed by atoms with Gasteiger partial charge in [-0.2, -0.15) is 0 Å². The molecule has 0 aliphatic heterocycles. The van der Waals surface area contributed by atoms with Crippen molar-refractivity contribution < 1.29 is 19.1 Å². The molecule has 12 heavy (non-hydrogen) atoms. The molecule has 0 spiro atoms. The van der Waals surface area contributed by atoms with E-state index >= 15 is 0 Å². The molecule has 0 saturated carbocycles. The zero-order valence-electron chi connectivity index (χ0n) is 7.41. The average molecular weight is 174 g/mol. The van der Waals surface area contributed by atoms with E-state index in [1.54, 1.807) is 0 Å². The second-order valence-electron chi connectivity index (χ2n) is 2.35. The third-order valence-corrected chi connectivity index (χ3v) is 1.46. The topological polar surface area (TPSA) is 52.6 Å². The van der Waals surface area contributed by atoms with Crippen molar-refractivity contribution in [2.75, 3.05) is 14.2 Å². The minimum atomic E-state index is -0.482. The van der Waals surface area contributed by atoms with Gasteiger partial charge in [-0.1, -0.05) is 0 Å². The van der Waals surface area contributed by atoms with Gasteiger partial charge in [0.05, 0.1) is 6.42 Å². The van der Waals surface area contributed by atoms with Crippen molar-refractivity contribution in [3.8, 4) is 0 Å². The highest BCUT2D eigenvalue weighted by Crippen LogP contribution is 2.02. The lowest BCUT2D eigenvalue weighted by Gasteiger charge is -2.11. The molecule has 0 aliphatic carbocycles. The number of Topliss-reactive ketones (excluding diaryl/α,β-unsaturated/α-hetero) is 1. The molecule has 0 amide bonds. The maximum atomic E-state index is 11.0. The summed E-state index contributed by atoms with van der Waals surface area (Å²) in [5, 5.41) is 0. The van der Waals surface area contributed by atoms with Gasteiger partial charge < -0.3 is 14.3 Å². The van der Waals surface area contributed by atoms with Crippen molar-refractivity contribution >= 4 is 12.1 Å². The monoisotopic (exact) mass is 174 g/mol. The van der Waals surface area contributed by atoms with Gasteiger partial charge in [0.25, 0.3) is 0 Å². The van der Waals surface area contributed by atoms with E-state index in [9.17, 15) is 9.59 Å². The Hall–Kier alpha value is -0.740. The Morgan fingerprint density at radius 3 is 2.42 bits per heavy atom. The quantitative estimate of drug-likeness (QED) is 0.417. The molecule has 0 N–H and O–H groups in total. The van der Waals surface area contributed by atoms with Crippen molar-refractivity contribution in [1.82, 2.24) is 0 Å². The van der Waals surface area contributed by atoms with E-state index in [2.05, 4.69) is 0 Å². The fourth-order valence-electron chi connectivity index (χ4n) is 0.771. The molecule has 0 fully saturated rings. The number of carbonyl (C=O) groups is 2. The van der Waals surface area contributed by atoms with E-state index in [1.807, 2.05) is 0 Å². The van der Waals surface area contributed by atoms with Crippen LogP contribution < -0.4 is 0 Å². The van der Waals surface area contributed by atoms with Crippen LogP contribution in [-0.2, 0) is 19.1 Å². The van der Waals surface area contributed by atoms with Crippen molar-refractivity contribution in [1.29, 1.82) is 0 Å². The number of rotatable bonds is 7. The van der Waals surface area contributed by atoms with E-state index in [4.69, 9.17) is 9.47 Å². The summed E-state index contributed by atoms with van der Waals surface area (Å²) in [5.74, 6) is -0.0178. The third kappa shape index (κ3) is 4.98. The van der Waals surface area contributed by atoms with Crippen LogP contribution in [-0.4, -0.2) is 32.6 Å². The minimum absolute atomic E-state index is 0.0178. The zero-order valence-corrected chi connectivity index (χ0v) is 7.41. The van der Waals surface area contributed by atoms with E-state index < -0.39 is 6.29 Å². The lowest BCUT2D eigenvalue weighted by molar-refractivity contribution is -0.138. The van der Waals surface area contributed by atoms with Crippen LogP contribution in [0, 0.1) is 0 Å². The summed E-state index contributed by atoms with van der Waals surface area (Å²) in [4.78, 5) is 20.9. The highest BCUT2D eigenvalue weighted by Gasteiger charge is 2.10. The number of hydrogen-bond donors (Lipinski definition) is 0. The van der Waals surface area contributed by atoms with Gasteiger partial charge in [0.15, 0.2) is 6.29 Å². The molecule has 0 atom stereocenters. The van der Waals surface area contributed by atoms with E-state index in [0.29, 0.717) is 0 Å². The number of carbonyl (C=O) groups excluding carboxylic acids is 2. The molecule has 0 unspecified atom stereocenters. The van der Waals surface area contributed by atoms with Gasteiger partial charge >= 0.3 is 0 Å². The molecule has 0 aliphatic rings. The first kappa shape index (κ1) is 11.3. The highest BCUT2D eigenvalue weighted by molar-refractivity contribution is 5.80. The molecule has 4 heteroatoms. The second kappa shape index (κ2) is 6.94. The summed E-state index contributed by atoms with van der Waals surface area (Å²) in [6.45, 7) is 0. The van der Waals surface area contributed by atoms with Crippen LogP contribution in [0.15, 0.2) is 0 Å². The van der Waals surface area contributed by atoms with Crippen LogP contribution in [0.1, 0.15) is 19.3 Å². The maximum Gasteiger partial charge on any atom is 0.163 e. The second-order valence-corrected chi connectivity index (χ2v) is 2.35. The molecule has 0 radical (unpaired) electrons. The van der Waals surface area contributed by atoms with Gasteiger partial charge in [-0.3, -0.25) is 4.79 Å². The van der Waals surface area contributed by atoms with Crippen LogP contribution in [0.5, 0.6) is 0 Å². The first-order valence-electron chi connectivity index (χ1n) is 3.75. The Kier molecular flexibility index (Phi) is 6.51. The van der Waals surface area contributed by atoms with Crippen LogP contribution in [0.3, 0.4) is 0 Å². The Morgan fingerprint density at radius 2 is 2.00 bits per heavy atom. The summed E-state index contributed by atoms with van der Waals surface area (Å²) >= 11 is 0. The first-order valence-corrected chi connectivity index (χ1v) is 3.75. The van der Waals surface area contributed by atoms with Gasteiger partial charge in [0.2, 0.25) is 0 Å². The van der Waals surface area contributed by atoms with Crippen LogP contribution in [0.25, 0.3) is 0 Å². The number of hydrogen-bond acceptors (Lipinski definition) is 4. The Labute approximate surface area is 71.8 Å². The highest BCUT2D eigenvalue weighted by atomic mass is 16.7. The van der Waals surface area contributed by atoms with E-state index in [1.165, 1.54) is 14.2 Å². The number of ether oxygens (including phenoxy) is 2. The molecule has 70 valence electrons. The molecule has 0 saturated heterocycles. The average Bonchev–Trinajstić information content (AvgIpc) is 2.10. The minimum Gasteiger partial charge on any atom is -0.355 e. The van der Waals surface area contributed by atoms with E-state index in [0.717, 1.165) is 6.29 Å². The number of methoxy groups -OCH3 is 2. The van der Waals surface area contributed by atoms with Crippen molar-refractivity contribution in [3.05, 3.63) is 0 Å². The smallest absolute Gasteiger partial charge is 0.163 e. The van der Waals surface area contributed by atoms with Gasteiger partial charge in [-0.25, -0.2) is 0 Å². The predicted octanol–water partition coefficient (Wildman–Crippen LogP) is 0.544. The molecule has 4 nitrogen and oxygen atoms in total. The lowest BCUT2D eigenvalue weighted by atomic mass is 10.2. The summed E-state index contributed by atoms with van der Waals surface area (Å²) < 4.78 is 9.64. The molecule has 0 bridgehead atoms. The molecular weight excluding hydrogens is 160 g/mol. The summed E-state index contributed by atoms with van der Waals surface area (Å²) in [7, 11) is 2.95. The largest absolute Gasteiger partial charge is 0.355 e.